The van der Waals surface area contributed by atoms with Gasteiger partial charge in [0.05, 0.1) is 0 Å². The smallest absolute Gasteiger partial charge is 0.248 e. The number of nitrogens with two attached hydrogens (primary N) is 1. The lowest BCUT2D eigenvalue weighted by atomic mass is 10.2. The SMILES string of the molecule is COCN(COC)c1ccc(C(N)=O)cc1. The predicted molar refractivity (Wildman–Crippen MR) is 61.2 cm³/mol. The second kappa shape index (κ2) is 6.09. The standard InChI is InChI=1S/C11H16N2O3/c1-15-7-13(8-16-2)10-5-3-9(4-6-10)11(12)14/h3-6H,7-8H2,1-2H3,(H2,12,14). The van der Waals surface area contributed by atoms with Crippen LogP contribution in [0.3, 0.4) is 0 Å². The first-order chi connectivity index (χ1) is 7.69. The van der Waals surface area contributed by atoms with Gasteiger partial charge in [0.2, 0.25) is 5.91 Å². The highest BCUT2D eigenvalue weighted by Gasteiger charge is 2.06. The van der Waals surface area contributed by atoms with Crippen molar-refractivity contribution >= 4 is 11.6 Å². The van der Waals surface area contributed by atoms with Crippen LogP contribution in [-0.4, -0.2) is 33.6 Å². The molecule has 0 aromatic heterocycles. The van der Waals surface area contributed by atoms with Crippen molar-refractivity contribution < 1.29 is 14.3 Å². The Bertz CT molecular complexity index is 332. The van der Waals surface area contributed by atoms with Crippen molar-refractivity contribution in [1.29, 1.82) is 0 Å². The molecule has 0 heterocycles. The molecular weight excluding hydrogens is 208 g/mol. The number of methoxy groups -OCH3 is 2. The molecule has 0 aliphatic heterocycles. The summed E-state index contributed by atoms with van der Waals surface area (Å²) in [7, 11) is 3.22. The number of hydrogen-bond acceptors (Lipinski definition) is 4. The average molecular weight is 224 g/mol. The molecule has 2 N–H and O–H groups in total. The van der Waals surface area contributed by atoms with Gasteiger partial charge in [0, 0.05) is 25.5 Å². The van der Waals surface area contributed by atoms with Gasteiger partial charge in [0.25, 0.3) is 0 Å². The maximum absolute atomic E-state index is 10.9. The van der Waals surface area contributed by atoms with E-state index in [1.54, 1.807) is 38.5 Å². The van der Waals surface area contributed by atoms with Crippen molar-refractivity contribution in [2.45, 2.75) is 0 Å². The van der Waals surface area contributed by atoms with Gasteiger partial charge in [-0.05, 0) is 24.3 Å². The maximum Gasteiger partial charge on any atom is 0.248 e. The van der Waals surface area contributed by atoms with Crippen LogP contribution >= 0.6 is 0 Å². The summed E-state index contributed by atoms with van der Waals surface area (Å²) >= 11 is 0. The number of carbonyl (C=O) groups excluding carboxylic acids is 1. The van der Waals surface area contributed by atoms with Crippen LogP contribution in [-0.2, 0) is 9.47 Å². The van der Waals surface area contributed by atoms with E-state index in [1.807, 2.05) is 4.90 Å². The van der Waals surface area contributed by atoms with E-state index in [-0.39, 0.29) is 0 Å². The summed E-state index contributed by atoms with van der Waals surface area (Å²) in [6.45, 7) is 0.841. The molecule has 0 aliphatic rings. The lowest BCUT2D eigenvalue weighted by molar-refractivity contribution is 0.100. The first kappa shape index (κ1) is 12.5. The largest absolute Gasteiger partial charge is 0.366 e. The number of carbonyl (C=O) groups is 1. The summed E-state index contributed by atoms with van der Waals surface area (Å²) < 4.78 is 10.1. The van der Waals surface area contributed by atoms with E-state index < -0.39 is 5.91 Å². The molecule has 1 aromatic carbocycles. The quantitative estimate of drug-likeness (QED) is 0.726. The Morgan fingerprint density at radius 3 is 2.06 bits per heavy atom. The van der Waals surface area contributed by atoms with E-state index >= 15 is 0 Å². The Hall–Kier alpha value is -1.59. The molecule has 16 heavy (non-hydrogen) atoms. The summed E-state index contributed by atoms with van der Waals surface area (Å²) in [5.74, 6) is -0.434. The van der Waals surface area contributed by atoms with Gasteiger partial charge in [-0.2, -0.15) is 0 Å². The number of anilines is 1. The number of ether oxygens (including phenoxy) is 2. The molecule has 5 heteroatoms. The first-order valence-corrected chi connectivity index (χ1v) is 4.81. The molecule has 0 unspecified atom stereocenters. The van der Waals surface area contributed by atoms with E-state index in [2.05, 4.69) is 0 Å². The summed E-state index contributed by atoms with van der Waals surface area (Å²) in [5, 5.41) is 0. The monoisotopic (exact) mass is 224 g/mol. The summed E-state index contributed by atoms with van der Waals surface area (Å²) in [6, 6.07) is 6.96. The zero-order valence-corrected chi connectivity index (χ0v) is 9.47. The normalized spacial score (nSPS) is 10.1. The van der Waals surface area contributed by atoms with Crippen molar-refractivity contribution in [3.05, 3.63) is 29.8 Å². The second-order valence-electron chi connectivity index (χ2n) is 3.29. The van der Waals surface area contributed by atoms with E-state index in [0.717, 1.165) is 5.69 Å². The maximum atomic E-state index is 10.9. The predicted octanol–water partition coefficient (Wildman–Crippen LogP) is 0.800. The Kier molecular flexibility index (Phi) is 4.75. The molecule has 0 atom stereocenters. The third kappa shape index (κ3) is 3.22. The van der Waals surface area contributed by atoms with Gasteiger partial charge in [-0.1, -0.05) is 0 Å². The lowest BCUT2D eigenvalue weighted by Gasteiger charge is -2.22. The van der Waals surface area contributed by atoms with Crippen molar-refractivity contribution in [2.75, 3.05) is 32.6 Å². The van der Waals surface area contributed by atoms with Gasteiger partial charge < -0.3 is 20.1 Å². The van der Waals surface area contributed by atoms with Gasteiger partial charge in [-0.3, -0.25) is 4.79 Å². The van der Waals surface area contributed by atoms with Crippen molar-refractivity contribution in [3.63, 3.8) is 0 Å². The van der Waals surface area contributed by atoms with Gasteiger partial charge in [0.15, 0.2) is 0 Å². The number of benzene rings is 1. The fourth-order valence-corrected chi connectivity index (χ4v) is 1.33. The second-order valence-corrected chi connectivity index (χ2v) is 3.29. The molecule has 1 amide bonds. The molecule has 0 saturated carbocycles. The van der Waals surface area contributed by atoms with Crippen molar-refractivity contribution in [2.24, 2.45) is 5.73 Å². The van der Waals surface area contributed by atoms with Crippen LogP contribution in [0.1, 0.15) is 10.4 Å². The van der Waals surface area contributed by atoms with Crippen LogP contribution in [0.15, 0.2) is 24.3 Å². The van der Waals surface area contributed by atoms with E-state index in [9.17, 15) is 4.79 Å². The van der Waals surface area contributed by atoms with Crippen LogP contribution in [0.2, 0.25) is 0 Å². The molecule has 0 radical (unpaired) electrons. The fraction of sp³-hybridized carbons (Fsp3) is 0.364. The lowest BCUT2D eigenvalue weighted by Crippen LogP contribution is -2.27. The van der Waals surface area contributed by atoms with Crippen LogP contribution in [0, 0.1) is 0 Å². The molecular formula is C11H16N2O3. The number of nitrogens with zero attached hydrogens (tertiary/aromatic N) is 1. The minimum absolute atomic E-state index is 0.420. The van der Waals surface area contributed by atoms with Crippen molar-refractivity contribution in [1.82, 2.24) is 0 Å². The summed E-state index contributed by atoms with van der Waals surface area (Å²) in [4.78, 5) is 12.8. The number of amides is 1. The van der Waals surface area contributed by atoms with Crippen molar-refractivity contribution in [3.8, 4) is 0 Å². The molecule has 5 nitrogen and oxygen atoms in total. The van der Waals surface area contributed by atoms with Crippen LogP contribution in [0.5, 0.6) is 0 Å². The highest BCUT2D eigenvalue weighted by Crippen LogP contribution is 2.14. The Morgan fingerprint density at radius 1 is 1.19 bits per heavy atom. The molecule has 0 saturated heterocycles. The van der Waals surface area contributed by atoms with Gasteiger partial charge in [-0.15, -0.1) is 0 Å². The van der Waals surface area contributed by atoms with E-state index in [4.69, 9.17) is 15.2 Å². The Morgan fingerprint density at radius 2 is 1.69 bits per heavy atom. The summed E-state index contributed by atoms with van der Waals surface area (Å²) in [5.41, 5.74) is 6.55. The highest BCUT2D eigenvalue weighted by molar-refractivity contribution is 5.93. The Labute approximate surface area is 94.7 Å². The van der Waals surface area contributed by atoms with Gasteiger partial charge >= 0.3 is 0 Å². The molecule has 0 spiro atoms. The molecule has 0 fully saturated rings. The minimum atomic E-state index is -0.434. The molecule has 88 valence electrons. The molecule has 0 aliphatic carbocycles. The number of primary amides is 1. The highest BCUT2D eigenvalue weighted by atomic mass is 16.5. The van der Waals surface area contributed by atoms with Crippen LogP contribution < -0.4 is 10.6 Å². The molecule has 1 rings (SSSR count). The first-order valence-electron chi connectivity index (χ1n) is 4.81. The van der Waals surface area contributed by atoms with Gasteiger partial charge in [0.1, 0.15) is 13.5 Å². The minimum Gasteiger partial charge on any atom is -0.366 e. The molecule has 0 bridgehead atoms. The third-order valence-electron chi connectivity index (χ3n) is 2.09. The zero-order chi connectivity index (χ0) is 12.0. The van der Waals surface area contributed by atoms with Crippen LogP contribution in [0.4, 0.5) is 5.69 Å². The third-order valence-corrected chi connectivity index (χ3v) is 2.09. The van der Waals surface area contributed by atoms with Crippen LogP contribution in [0.25, 0.3) is 0 Å². The van der Waals surface area contributed by atoms with Gasteiger partial charge in [-0.25, -0.2) is 0 Å². The molecule has 1 aromatic rings. The van der Waals surface area contributed by atoms with E-state index in [1.165, 1.54) is 0 Å². The zero-order valence-electron chi connectivity index (χ0n) is 9.47. The average Bonchev–Trinajstić information content (AvgIpc) is 2.29. The number of rotatable bonds is 6. The van der Waals surface area contributed by atoms with E-state index in [0.29, 0.717) is 19.0 Å². The fourth-order valence-electron chi connectivity index (χ4n) is 1.33. The summed E-state index contributed by atoms with van der Waals surface area (Å²) in [6.07, 6.45) is 0. The number of hydrogen-bond donors (Lipinski definition) is 1. The Balaban J connectivity index is 2.80. The topological polar surface area (TPSA) is 64.8 Å².